The van der Waals surface area contributed by atoms with Gasteiger partial charge in [0, 0.05) is 19.8 Å². The molecule has 1 aromatic rings. The molecule has 0 radical (unpaired) electrons. The minimum atomic E-state index is -3.73. The van der Waals surface area contributed by atoms with E-state index in [1.807, 2.05) is 6.92 Å². The summed E-state index contributed by atoms with van der Waals surface area (Å²) < 4.78 is 25.3. The zero-order valence-corrected chi connectivity index (χ0v) is 12.3. The second kappa shape index (κ2) is 6.83. The number of carbonyl (C=O) groups is 1. The van der Waals surface area contributed by atoms with Crippen LogP contribution in [0.4, 0.5) is 0 Å². The lowest BCUT2D eigenvalue weighted by Crippen LogP contribution is -2.38. The van der Waals surface area contributed by atoms with E-state index < -0.39 is 10.0 Å². The number of amides is 1. The second-order valence-electron chi connectivity index (χ2n) is 3.93. The predicted molar refractivity (Wildman–Crippen MR) is 72.4 cm³/mol. The Hall–Kier alpha value is -1.18. The Bertz CT molecular complexity index is 548. The van der Waals surface area contributed by atoms with Crippen molar-refractivity contribution in [3.63, 3.8) is 0 Å². The molecular formula is C11H16ClN3O3S. The van der Waals surface area contributed by atoms with Crippen molar-refractivity contribution in [2.45, 2.75) is 18.2 Å². The summed E-state index contributed by atoms with van der Waals surface area (Å²) in [6.07, 6.45) is 2.10. The molecule has 0 aliphatic rings. The Morgan fingerprint density at radius 1 is 1.53 bits per heavy atom. The SMILES string of the molecule is CCCNC(=O)CN(C)S(=O)(=O)c1ccnc(Cl)c1. The quantitative estimate of drug-likeness (QED) is 0.791. The van der Waals surface area contributed by atoms with E-state index in [1.54, 1.807) is 0 Å². The van der Waals surface area contributed by atoms with Gasteiger partial charge in [-0.05, 0) is 18.6 Å². The summed E-state index contributed by atoms with van der Waals surface area (Å²) in [5.41, 5.74) is 0. The molecule has 1 rings (SSSR count). The van der Waals surface area contributed by atoms with E-state index in [-0.39, 0.29) is 22.5 Å². The minimum Gasteiger partial charge on any atom is -0.355 e. The maximum absolute atomic E-state index is 12.2. The van der Waals surface area contributed by atoms with Gasteiger partial charge in [-0.2, -0.15) is 4.31 Å². The van der Waals surface area contributed by atoms with Crippen molar-refractivity contribution in [2.75, 3.05) is 20.1 Å². The molecule has 0 bridgehead atoms. The number of pyridine rings is 1. The zero-order valence-electron chi connectivity index (χ0n) is 10.8. The molecule has 1 N–H and O–H groups in total. The first kappa shape index (κ1) is 15.9. The van der Waals surface area contributed by atoms with Crippen LogP contribution in [0.3, 0.4) is 0 Å². The van der Waals surface area contributed by atoms with Gasteiger partial charge in [0.25, 0.3) is 0 Å². The van der Waals surface area contributed by atoms with Crippen molar-refractivity contribution in [3.05, 3.63) is 23.5 Å². The van der Waals surface area contributed by atoms with E-state index in [4.69, 9.17) is 11.6 Å². The maximum atomic E-state index is 12.2. The van der Waals surface area contributed by atoms with Gasteiger partial charge in [-0.25, -0.2) is 13.4 Å². The van der Waals surface area contributed by atoms with E-state index in [0.717, 1.165) is 10.7 Å². The molecule has 6 nitrogen and oxygen atoms in total. The summed E-state index contributed by atoms with van der Waals surface area (Å²) in [6, 6.07) is 2.58. The second-order valence-corrected chi connectivity index (χ2v) is 6.36. The van der Waals surface area contributed by atoms with E-state index in [1.165, 1.54) is 25.4 Å². The Morgan fingerprint density at radius 3 is 2.79 bits per heavy atom. The normalized spacial score (nSPS) is 11.6. The molecule has 8 heteroatoms. The smallest absolute Gasteiger partial charge is 0.243 e. The standard InChI is InChI=1S/C11H16ClN3O3S/c1-3-5-14-11(16)8-15(2)19(17,18)9-4-6-13-10(12)7-9/h4,6-7H,3,5,8H2,1-2H3,(H,14,16). The van der Waals surface area contributed by atoms with Gasteiger partial charge in [0.05, 0.1) is 11.4 Å². The Kier molecular flexibility index (Phi) is 5.71. The molecule has 1 amide bonds. The van der Waals surface area contributed by atoms with Crippen LogP contribution in [0, 0.1) is 0 Å². The highest BCUT2D eigenvalue weighted by molar-refractivity contribution is 7.89. The number of nitrogens with one attached hydrogen (secondary N) is 1. The molecule has 0 fully saturated rings. The molecule has 0 aliphatic carbocycles. The fourth-order valence-corrected chi connectivity index (χ4v) is 2.71. The molecule has 0 atom stereocenters. The molecular weight excluding hydrogens is 290 g/mol. The lowest BCUT2D eigenvalue weighted by molar-refractivity contribution is -0.121. The third-order valence-electron chi connectivity index (χ3n) is 2.34. The molecule has 1 aromatic heterocycles. The fourth-order valence-electron chi connectivity index (χ4n) is 1.33. The molecule has 0 saturated carbocycles. The predicted octanol–water partition coefficient (Wildman–Crippen LogP) is 0.882. The summed E-state index contributed by atoms with van der Waals surface area (Å²) >= 11 is 5.66. The number of sulfonamides is 1. The van der Waals surface area contributed by atoms with E-state index in [2.05, 4.69) is 10.3 Å². The van der Waals surface area contributed by atoms with Crippen LogP contribution in [-0.2, 0) is 14.8 Å². The largest absolute Gasteiger partial charge is 0.355 e. The van der Waals surface area contributed by atoms with Gasteiger partial charge in [0.1, 0.15) is 5.15 Å². The lowest BCUT2D eigenvalue weighted by atomic mass is 10.4. The van der Waals surface area contributed by atoms with E-state index >= 15 is 0 Å². The summed E-state index contributed by atoms with van der Waals surface area (Å²) in [6.45, 7) is 2.20. The van der Waals surface area contributed by atoms with Crippen LogP contribution in [0.2, 0.25) is 5.15 Å². The fraction of sp³-hybridized carbons (Fsp3) is 0.455. The van der Waals surface area contributed by atoms with Gasteiger partial charge < -0.3 is 5.32 Å². The molecule has 0 aromatic carbocycles. The third kappa shape index (κ3) is 4.45. The highest BCUT2D eigenvalue weighted by Gasteiger charge is 2.23. The first-order valence-corrected chi connectivity index (χ1v) is 7.54. The maximum Gasteiger partial charge on any atom is 0.243 e. The first-order chi connectivity index (χ1) is 8.87. The molecule has 0 aliphatic heterocycles. The Morgan fingerprint density at radius 2 is 2.21 bits per heavy atom. The zero-order chi connectivity index (χ0) is 14.5. The highest BCUT2D eigenvalue weighted by atomic mass is 35.5. The van der Waals surface area contributed by atoms with Crippen molar-refractivity contribution in [1.29, 1.82) is 0 Å². The Labute approximate surface area is 117 Å². The summed E-state index contributed by atoms with van der Waals surface area (Å²) in [7, 11) is -2.39. The number of likely N-dealkylation sites (N-methyl/N-ethyl adjacent to an activating group) is 1. The third-order valence-corrected chi connectivity index (χ3v) is 4.35. The van der Waals surface area contributed by atoms with Crippen LogP contribution in [0.15, 0.2) is 23.2 Å². The van der Waals surface area contributed by atoms with Crippen molar-refractivity contribution in [3.8, 4) is 0 Å². The van der Waals surface area contributed by atoms with Crippen LogP contribution in [-0.4, -0.2) is 43.8 Å². The highest BCUT2D eigenvalue weighted by Crippen LogP contribution is 2.16. The molecule has 19 heavy (non-hydrogen) atoms. The first-order valence-electron chi connectivity index (χ1n) is 5.72. The number of carbonyl (C=O) groups excluding carboxylic acids is 1. The summed E-state index contributed by atoms with van der Waals surface area (Å²) in [5.74, 6) is -0.340. The number of hydrogen-bond donors (Lipinski definition) is 1. The van der Waals surface area contributed by atoms with E-state index in [9.17, 15) is 13.2 Å². The molecule has 0 spiro atoms. The van der Waals surface area contributed by atoms with Gasteiger partial charge in [-0.3, -0.25) is 4.79 Å². The topological polar surface area (TPSA) is 79.4 Å². The van der Waals surface area contributed by atoms with Gasteiger partial charge >= 0.3 is 0 Å². The van der Waals surface area contributed by atoms with E-state index in [0.29, 0.717) is 6.54 Å². The van der Waals surface area contributed by atoms with Crippen LogP contribution in [0.5, 0.6) is 0 Å². The summed E-state index contributed by atoms with van der Waals surface area (Å²) in [5, 5.41) is 2.70. The van der Waals surface area contributed by atoms with Crippen molar-refractivity contribution in [1.82, 2.24) is 14.6 Å². The van der Waals surface area contributed by atoms with Crippen molar-refractivity contribution >= 4 is 27.5 Å². The number of halogens is 1. The monoisotopic (exact) mass is 305 g/mol. The lowest BCUT2D eigenvalue weighted by Gasteiger charge is -2.16. The van der Waals surface area contributed by atoms with Gasteiger partial charge in [-0.15, -0.1) is 0 Å². The van der Waals surface area contributed by atoms with Gasteiger partial charge in [0.2, 0.25) is 15.9 Å². The molecule has 0 unspecified atom stereocenters. The number of nitrogens with zero attached hydrogens (tertiary/aromatic N) is 2. The molecule has 0 saturated heterocycles. The van der Waals surface area contributed by atoms with Crippen LogP contribution in [0.25, 0.3) is 0 Å². The van der Waals surface area contributed by atoms with Gasteiger partial charge in [0.15, 0.2) is 0 Å². The van der Waals surface area contributed by atoms with Crippen LogP contribution < -0.4 is 5.32 Å². The number of aromatic nitrogens is 1. The summed E-state index contributed by atoms with van der Waals surface area (Å²) in [4.78, 5) is 15.2. The number of hydrogen-bond acceptors (Lipinski definition) is 4. The average molecular weight is 306 g/mol. The van der Waals surface area contributed by atoms with Crippen LogP contribution in [0.1, 0.15) is 13.3 Å². The number of rotatable bonds is 6. The molecule has 106 valence electrons. The minimum absolute atomic E-state index is 0.0123. The van der Waals surface area contributed by atoms with Crippen molar-refractivity contribution in [2.24, 2.45) is 0 Å². The van der Waals surface area contributed by atoms with Crippen molar-refractivity contribution < 1.29 is 13.2 Å². The average Bonchev–Trinajstić information content (AvgIpc) is 2.36. The Balaban J connectivity index is 2.80. The van der Waals surface area contributed by atoms with Gasteiger partial charge in [-0.1, -0.05) is 18.5 Å². The van der Waals surface area contributed by atoms with Crippen LogP contribution >= 0.6 is 11.6 Å². The molecule has 1 heterocycles.